The third-order valence-corrected chi connectivity index (χ3v) is 3.97. The van der Waals surface area contributed by atoms with Crippen molar-refractivity contribution >= 4 is 5.82 Å². The molecule has 0 bridgehead atoms. The Morgan fingerprint density at radius 3 is 3.24 bits per heavy atom. The van der Waals surface area contributed by atoms with E-state index < -0.39 is 0 Å². The minimum Gasteiger partial charge on any atom is -0.475 e. The van der Waals surface area contributed by atoms with Gasteiger partial charge in [0.1, 0.15) is 12.1 Å². The number of aromatic nitrogens is 2. The zero-order chi connectivity index (χ0) is 14.7. The summed E-state index contributed by atoms with van der Waals surface area (Å²) < 4.78 is 11.5. The summed E-state index contributed by atoms with van der Waals surface area (Å²) in [6.45, 7) is 7.82. The number of morpholine rings is 1. The third-order valence-electron chi connectivity index (χ3n) is 3.97. The minimum absolute atomic E-state index is 0.113. The van der Waals surface area contributed by atoms with E-state index in [2.05, 4.69) is 20.2 Å². The molecule has 0 saturated carbocycles. The van der Waals surface area contributed by atoms with E-state index >= 15 is 0 Å². The highest BCUT2D eigenvalue weighted by Gasteiger charge is 2.31. The fraction of sp³-hybridized carbons (Fsp3) is 0.733. The third kappa shape index (κ3) is 3.83. The van der Waals surface area contributed by atoms with Crippen LogP contribution in [-0.2, 0) is 4.74 Å². The summed E-state index contributed by atoms with van der Waals surface area (Å²) in [5.41, 5.74) is 0. The van der Waals surface area contributed by atoms with Crippen molar-refractivity contribution in [3.8, 4) is 5.88 Å². The van der Waals surface area contributed by atoms with Gasteiger partial charge in [0.25, 0.3) is 0 Å². The van der Waals surface area contributed by atoms with Crippen LogP contribution in [0.3, 0.4) is 0 Å². The Labute approximate surface area is 125 Å². The van der Waals surface area contributed by atoms with Gasteiger partial charge >= 0.3 is 0 Å². The molecule has 0 spiro atoms. The highest BCUT2D eigenvalue weighted by atomic mass is 16.5. The van der Waals surface area contributed by atoms with Gasteiger partial charge in [0, 0.05) is 25.2 Å². The van der Waals surface area contributed by atoms with Gasteiger partial charge in [-0.2, -0.15) is 0 Å². The largest absolute Gasteiger partial charge is 0.475 e. The zero-order valence-electron chi connectivity index (χ0n) is 12.8. The van der Waals surface area contributed by atoms with Crippen LogP contribution in [0.2, 0.25) is 0 Å². The highest BCUT2D eigenvalue weighted by Crippen LogP contribution is 2.22. The Balaban J connectivity index is 1.50. The fourth-order valence-corrected chi connectivity index (χ4v) is 2.97. The average molecular weight is 292 g/mol. The van der Waals surface area contributed by atoms with Crippen LogP contribution in [-0.4, -0.2) is 59.4 Å². The molecule has 6 nitrogen and oxygen atoms in total. The SMILES string of the molecule is CC(C)Oc1cc(NCC2CN3CCCC3CO2)ncn1. The van der Waals surface area contributed by atoms with Crippen molar-refractivity contribution in [3.63, 3.8) is 0 Å². The molecule has 21 heavy (non-hydrogen) atoms. The summed E-state index contributed by atoms with van der Waals surface area (Å²) in [7, 11) is 0. The van der Waals surface area contributed by atoms with Crippen molar-refractivity contribution < 1.29 is 9.47 Å². The van der Waals surface area contributed by atoms with Gasteiger partial charge in [-0.15, -0.1) is 0 Å². The van der Waals surface area contributed by atoms with Crippen LogP contribution < -0.4 is 10.1 Å². The molecule has 116 valence electrons. The van der Waals surface area contributed by atoms with Crippen LogP contribution in [0.4, 0.5) is 5.82 Å². The first-order chi connectivity index (χ1) is 10.2. The van der Waals surface area contributed by atoms with E-state index in [1.54, 1.807) is 0 Å². The lowest BCUT2D eigenvalue weighted by molar-refractivity contribution is -0.0416. The predicted molar refractivity (Wildman–Crippen MR) is 80.6 cm³/mol. The van der Waals surface area contributed by atoms with Gasteiger partial charge in [0.2, 0.25) is 5.88 Å². The van der Waals surface area contributed by atoms with Crippen LogP contribution in [0.15, 0.2) is 12.4 Å². The molecule has 1 aromatic heterocycles. The number of ether oxygens (including phenoxy) is 2. The van der Waals surface area contributed by atoms with Gasteiger partial charge in [-0.05, 0) is 33.2 Å². The van der Waals surface area contributed by atoms with Crippen LogP contribution in [0.5, 0.6) is 5.88 Å². The van der Waals surface area contributed by atoms with E-state index in [0.29, 0.717) is 11.9 Å². The molecule has 3 heterocycles. The molecule has 0 aliphatic carbocycles. The Bertz CT molecular complexity index is 469. The second kappa shape index (κ2) is 6.58. The summed E-state index contributed by atoms with van der Waals surface area (Å²) in [6.07, 6.45) is 4.45. The number of hydrogen-bond acceptors (Lipinski definition) is 6. The predicted octanol–water partition coefficient (Wildman–Crippen LogP) is 1.54. The molecule has 1 N–H and O–H groups in total. The highest BCUT2D eigenvalue weighted by molar-refractivity contribution is 5.37. The van der Waals surface area contributed by atoms with Gasteiger partial charge in [-0.25, -0.2) is 9.97 Å². The number of nitrogens with zero attached hydrogens (tertiary/aromatic N) is 3. The van der Waals surface area contributed by atoms with Gasteiger partial charge in [0.15, 0.2) is 0 Å². The van der Waals surface area contributed by atoms with Crippen LogP contribution in [0, 0.1) is 0 Å². The first-order valence-corrected chi connectivity index (χ1v) is 7.79. The number of anilines is 1. The second-order valence-electron chi connectivity index (χ2n) is 6.04. The van der Waals surface area contributed by atoms with Crippen molar-refractivity contribution in [2.24, 2.45) is 0 Å². The Kier molecular flexibility index (Phi) is 4.55. The van der Waals surface area contributed by atoms with Gasteiger partial charge in [0.05, 0.1) is 18.8 Å². The van der Waals surface area contributed by atoms with Crippen molar-refractivity contribution in [2.45, 2.75) is 44.9 Å². The molecule has 1 aromatic rings. The normalized spacial score (nSPS) is 25.9. The lowest BCUT2D eigenvalue weighted by atomic mass is 10.2. The molecule has 2 fully saturated rings. The monoisotopic (exact) mass is 292 g/mol. The van der Waals surface area contributed by atoms with Crippen LogP contribution in [0.1, 0.15) is 26.7 Å². The van der Waals surface area contributed by atoms with Gasteiger partial charge < -0.3 is 14.8 Å². The molecule has 2 saturated heterocycles. The summed E-state index contributed by atoms with van der Waals surface area (Å²) in [6, 6.07) is 2.48. The zero-order valence-corrected chi connectivity index (χ0v) is 12.8. The van der Waals surface area contributed by atoms with Crippen molar-refractivity contribution in [1.82, 2.24) is 14.9 Å². The average Bonchev–Trinajstić information content (AvgIpc) is 2.92. The standard InChI is InChI=1S/C15H24N4O2/c1-11(2)21-15-6-14(17-10-18-15)16-7-13-8-19-5-3-4-12(19)9-20-13/h6,10-13H,3-5,7-9H2,1-2H3,(H,16,17,18). The van der Waals surface area contributed by atoms with Crippen molar-refractivity contribution in [3.05, 3.63) is 12.4 Å². The van der Waals surface area contributed by atoms with Crippen molar-refractivity contribution in [1.29, 1.82) is 0 Å². The van der Waals surface area contributed by atoms with E-state index in [1.165, 1.54) is 25.7 Å². The molecule has 2 aliphatic heterocycles. The van der Waals surface area contributed by atoms with Crippen LogP contribution in [0.25, 0.3) is 0 Å². The molecule has 3 rings (SSSR count). The summed E-state index contributed by atoms with van der Waals surface area (Å²) >= 11 is 0. The molecule has 0 aromatic carbocycles. The topological polar surface area (TPSA) is 59.5 Å². The summed E-state index contributed by atoms with van der Waals surface area (Å²) in [4.78, 5) is 10.9. The van der Waals surface area contributed by atoms with Crippen molar-refractivity contribution in [2.75, 3.05) is 31.6 Å². The molecule has 2 atom stereocenters. The number of fused-ring (bicyclic) bond motifs is 1. The lowest BCUT2D eigenvalue weighted by Crippen LogP contribution is -2.48. The quantitative estimate of drug-likeness (QED) is 0.888. The fourth-order valence-electron chi connectivity index (χ4n) is 2.97. The van der Waals surface area contributed by atoms with Gasteiger partial charge in [-0.3, -0.25) is 4.90 Å². The first kappa shape index (κ1) is 14.5. The Morgan fingerprint density at radius 1 is 1.48 bits per heavy atom. The van der Waals surface area contributed by atoms with Crippen LogP contribution >= 0.6 is 0 Å². The van der Waals surface area contributed by atoms with E-state index in [0.717, 1.165) is 25.5 Å². The molecule has 6 heteroatoms. The molecular weight excluding hydrogens is 268 g/mol. The van der Waals surface area contributed by atoms with E-state index in [4.69, 9.17) is 9.47 Å². The molecule has 2 unspecified atom stereocenters. The first-order valence-electron chi connectivity index (χ1n) is 7.79. The Morgan fingerprint density at radius 2 is 2.38 bits per heavy atom. The summed E-state index contributed by atoms with van der Waals surface area (Å²) in [5, 5.41) is 3.33. The van der Waals surface area contributed by atoms with E-state index in [-0.39, 0.29) is 12.2 Å². The lowest BCUT2D eigenvalue weighted by Gasteiger charge is -2.35. The number of hydrogen-bond donors (Lipinski definition) is 1. The number of nitrogens with one attached hydrogen (secondary N) is 1. The number of rotatable bonds is 5. The summed E-state index contributed by atoms with van der Waals surface area (Å²) in [5.74, 6) is 1.39. The Hall–Kier alpha value is -1.40. The molecule has 0 amide bonds. The van der Waals surface area contributed by atoms with E-state index in [9.17, 15) is 0 Å². The minimum atomic E-state index is 0.113. The van der Waals surface area contributed by atoms with E-state index in [1.807, 2.05) is 19.9 Å². The second-order valence-corrected chi connectivity index (χ2v) is 6.04. The maximum atomic E-state index is 5.93. The molecule has 0 radical (unpaired) electrons. The molecule has 2 aliphatic rings. The molecular formula is C15H24N4O2. The smallest absolute Gasteiger partial charge is 0.218 e. The maximum absolute atomic E-state index is 5.93. The van der Waals surface area contributed by atoms with Gasteiger partial charge in [-0.1, -0.05) is 0 Å². The maximum Gasteiger partial charge on any atom is 0.218 e.